The van der Waals surface area contributed by atoms with Gasteiger partial charge in [0.05, 0.1) is 18.3 Å². The molecule has 0 bridgehead atoms. The number of halogens is 1. The molecule has 0 saturated carbocycles. The maximum atomic E-state index is 13.8. The second kappa shape index (κ2) is 12.2. The van der Waals surface area contributed by atoms with Gasteiger partial charge in [-0.25, -0.2) is 19.3 Å². The molecule has 2 aromatic carbocycles. The maximum Gasteiger partial charge on any atom is 0.273 e. The van der Waals surface area contributed by atoms with E-state index in [4.69, 9.17) is 4.74 Å². The van der Waals surface area contributed by atoms with Crippen LogP contribution in [0.2, 0.25) is 19.6 Å². The van der Waals surface area contributed by atoms with Crippen molar-refractivity contribution in [1.82, 2.24) is 30.0 Å². The summed E-state index contributed by atoms with van der Waals surface area (Å²) >= 11 is 0. The number of amides is 1. The highest BCUT2D eigenvalue weighted by Gasteiger charge is 2.13. The minimum atomic E-state index is -1.48. The first-order valence-electron chi connectivity index (χ1n) is 13.4. The molecule has 5 aromatic rings. The highest BCUT2D eigenvalue weighted by atomic mass is 28.3. The number of benzene rings is 2. The monoisotopic (exact) mass is 579 g/mol. The third-order valence-electron chi connectivity index (χ3n) is 5.99. The number of fused-ring (bicyclic) bond motifs is 1. The Kier molecular flexibility index (Phi) is 8.26. The Morgan fingerprint density at radius 3 is 2.69 bits per heavy atom. The average Bonchev–Trinajstić information content (AvgIpc) is 3.40. The van der Waals surface area contributed by atoms with Crippen LogP contribution in [-0.2, 0) is 7.05 Å². The van der Waals surface area contributed by atoms with E-state index in [0.717, 1.165) is 27.6 Å². The molecule has 0 aliphatic carbocycles. The standard InChI is InChI=1S/C31H30FN7O2Si/c1-39-20-24(19-36-39)22-15-25(17-26(16-22)41-12-11-34-30(40)29-27(32)6-5-10-33-29)37-31-35-18-23-14-21(7-8-28(23)38-31)9-13-42(2,3)4/h5-8,10,14-20H,11-12H2,1-4H3,(H,34,40)(H,35,37,38). The fourth-order valence-corrected chi connectivity index (χ4v) is 4.54. The van der Waals surface area contributed by atoms with Crippen LogP contribution in [0.25, 0.3) is 22.0 Å². The van der Waals surface area contributed by atoms with Crippen molar-refractivity contribution in [2.24, 2.45) is 7.05 Å². The summed E-state index contributed by atoms with van der Waals surface area (Å²) in [4.78, 5) is 25.2. The molecule has 0 fully saturated rings. The molecule has 0 aliphatic heterocycles. The van der Waals surface area contributed by atoms with E-state index < -0.39 is 19.8 Å². The molecule has 11 heteroatoms. The van der Waals surface area contributed by atoms with Gasteiger partial charge in [0, 0.05) is 53.9 Å². The van der Waals surface area contributed by atoms with Crippen LogP contribution >= 0.6 is 0 Å². The molecule has 0 unspecified atom stereocenters. The van der Waals surface area contributed by atoms with Gasteiger partial charge < -0.3 is 15.4 Å². The van der Waals surface area contributed by atoms with Gasteiger partial charge in [0.25, 0.3) is 5.91 Å². The lowest BCUT2D eigenvalue weighted by Crippen LogP contribution is -2.29. The van der Waals surface area contributed by atoms with Gasteiger partial charge in [-0.3, -0.25) is 9.48 Å². The van der Waals surface area contributed by atoms with Crippen LogP contribution in [0.5, 0.6) is 5.75 Å². The summed E-state index contributed by atoms with van der Waals surface area (Å²) in [5, 5.41) is 11.1. The van der Waals surface area contributed by atoms with Gasteiger partial charge in [-0.05, 0) is 48.0 Å². The zero-order valence-electron chi connectivity index (χ0n) is 23.8. The Balaban J connectivity index is 1.32. The zero-order valence-corrected chi connectivity index (χ0v) is 24.8. The van der Waals surface area contributed by atoms with Crippen molar-refractivity contribution in [3.8, 4) is 28.3 Å². The number of ether oxygens (including phenoxy) is 1. The van der Waals surface area contributed by atoms with Gasteiger partial charge in [0.2, 0.25) is 5.95 Å². The normalized spacial score (nSPS) is 11.1. The van der Waals surface area contributed by atoms with E-state index in [0.29, 0.717) is 17.4 Å². The number of nitrogens with one attached hydrogen (secondary N) is 2. The lowest BCUT2D eigenvalue weighted by atomic mass is 10.1. The first kappa shape index (κ1) is 28.4. The van der Waals surface area contributed by atoms with Crippen molar-refractivity contribution < 1.29 is 13.9 Å². The lowest BCUT2D eigenvalue weighted by Gasteiger charge is -2.13. The Hall–Kier alpha value is -5.08. The molecule has 1 amide bonds. The Labute approximate surface area is 244 Å². The molecule has 0 spiro atoms. The van der Waals surface area contributed by atoms with Crippen LogP contribution in [0.15, 0.2) is 73.3 Å². The minimum Gasteiger partial charge on any atom is -0.492 e. The van der Waals surface area contributed by atoms with Crippen LogP contribution in [0.3, 0.4) is 0 Å². The number of nitrogens with zero attached hydrogens (tertiary/aromatic N) is 5. The topological polar surface area (TPSA) is 107 Å². The van der Waals surface area contributed by atoms with E-state index in [9.17, 15) is 9.18 Å². The van der Waals surface area contributed by atoms with Crippen molar-refractivity contribution in [1.29, 1.82) is 0 Å². The van der Waals surface area contributed by atoms with Crippen molar-refractivity contribution in [2.45, 2.75) is 19.6 Å². The summed E-state index contributed by atoms with van der Waals surface area (Å²) in [6.45, 7) is 6.96. The third kappa shape index (κ3) is 7.35. The molecule has 0 radical (unpaired) electrons. The smallest absolute Gasteiger partial charge is 0.273 e. The average molecular weight is 580 g/mol. The maximum absolute atomic E-state index is 13.8. The third-order valence-corrected chi connectivity index (χ3v) is 6.87. The predicted molar refractivity (Wildman–Crippen MR) is 164 cm³/mol. The Bertz CT molecular complexity index is 1820. The summed E-state index contributed by atoms with van der Waals surface area (Å²) in [6.07, 6.45) is 6.81. The van der Waals surface area contributed by atoms with Crippen LogP contribution in [0, 0.1) is 17.3 Å². The summed E-state index contributed by atoms with van der Waals surface area (Å²) < 4.78 is 21.5. The fourth-order valence-electron chi connectivity index (χ4n) is 4.02. The lowest BCUT2D eigenvalue weighted by molar-refractivity contribution is 0.0937. The highest BCUT2D eigenvalue weighted by Crippen LogP contribution is 2.30. The SMILES string of the molecule is Cn1cc(-c2cc(Nc3ncc4cc(C#C[Si](C)(C)C)ccc4n3)cc(OCCNC(=O)c3ncccc3F)c2)cn1. The van der Waals surface area contributed by atoms with E-state index >= 15 is 0 Å². The number of hydrogen-bond donors (Lipinski definition) is 2. The van der Waals surface area contributed by atoms with Crippen molar-refractivity contribution in [3.63, 3.8) is 0 Å². The molecule has 0 atom stereocenters. The van der Waals surface area contributed by atoms with Gasteiger partial charge in [-0.1, -0.05) is 25.6 Å². The summed E-state index contributed by atoms with van der Waals surface area (Å²) in [5.74, 6) is 2.98. The Morgan fingerprint density at radius 2 is 1.93 bits per heavy atom. The molecule has 5 rings (SSSR count). The van der Waals surface area contributed by atoms with Gasteiger partial charge in [0.15, 0.2) is 11.5 Å². The number of carbonyl (C=O) groups excluding carboxylic acids is 1. The van der Waals surface area contributed by atoms with Crippen LogP contribution in [0.1, 0.15) is 16.1 Å². The van der Waals surface area contributed by atoms with Crippen molar-refractivity contribution in [3.05, 3.63) is 90.4 Å². The van der Waals surface area contributed by atoms with Gasteiger partial charge in [-0.15, -0.1) is 5.54 Å². The van der Waals surface area contributed by atoms with Gasteiger partial charge in [-0.2, -0.15) is 5.10 Å². The first-order chi connectivity index (χ1) is 20.1. The molecule has 212 valence electrons. The van der Waals surface area contributed by atoms with E-state index in [1.807, 2.05) is 49.6 Å². The molecule has 9 nitrogen and oxygen atoms in total. The predicted octanol–water partition coefficient (Wildman–Crippen LogP) is 5.35. The van der Waals surface area contributed by atoms with Gasteiger partial charge in [0.1, 0.15) is 20.4 Å². The molecule has 2 N–H and O–H groups in total. The molecule has 0 saturated heterocycles. The molecular weight excluding hydrogens is 549 g/mol. The molecule has 0 aliphatic rings. The van der Waals surface area contributed by atoms with E-state index in [1.54, 1.807) is 17.1 Å². The van der Waals surface area contributed by atoms with Crippen molar-refractivity contribution in [2.75, 3.05) is 18.5 Å². The quantitative estimate of drug-likeness (QED) is 0.145. The van der Waals surface area contributed by atoms with Crippen LogP contribution in [-0.4, -0.2) is 51.9 Å². The minimum absolute atomic E-state index is 0.158. The van der Waals surface area contributed by atoms with Crippen molar-refractivity contribution >= 4 is 36.5 Å². The summed E-state index contributed by atoms with van der Waals surface area (Å²) in [7, 11) is 0.371. The molecular formula is C31H30FN7O2Si. The zero-order chi connectivity index (χ0) is 29.7. The fraction of sp³-hybridized carbons (Fsp3) is 0.194. The van der Waals surface area contributed by atoms with E-state index in [1.165, 1.54) is 18.3 Å². The number of pyridine rings is 1. The number of carbonyl (C=O) groups is 1. The molecule has 3 aromatic heterocycles. The largest absolute Gasteiger partial charge is 0.492 e. The summed E-state index contributed by atoms with van der Waals surface area (Å²) in [5.41, 5.74) is 7.35. The number of aromatic nitrogens is 5. The number of aryl methyl sites for hydroxylation is 1. The molecule has 3 heterocycles. The number of hydrogen-bond acceptors (Lipinski definition) is 7. The van der Waals surface area contributed by atoms with Gasteiger partial charge >= 0.3 is 0 Å². The Morgan fingerprint density at radius 1 is 1.07 bits per heavy atom. The second-order valence-electron chi connectivity index (χ2n) is 10.7. The van der Waals surface area contributed by atoms with Crippen LogP contribution < -0.4 is 15.4 Å². The highest BCUT2D eigenvalue weighted by molar-refractivity contribution is 6.83. The first-order valence-corrected chi connectivity index (χ1v) is 16.9. The van der Waals surface area contributed by atoms with Crippen LogP contribution in [0.4, 0.5) is 16.0 Å². The second-order valence-corrected chi connectivity index (χ2v) is 15.4. The summed E-state index contributed by atoms with van der Waals surface area (Å²) in [6, 6.07) is 14.2. The van der Waals surface area contributed by atoms with E-state index in [2.05, 4.69) is 61.8 Å². The number of anilines is 2. The van der Waals surface area contributed by atoms with E-state index in [-0.39, 0.29) is 18.8 Å². The number of rotatable bonds is 8. The molecule has 42 heavy (non-hydrogen) atoms.